The first-order chi connectivity index (χ1) is 9.65. The van der Waals surface area contributed by atoms with Crippen LogP contribution in [0.4, 0.5) is 11.6 Å². The van der Waals surface area contributed by atoms with E-state index in [4.69, 9.17) is 10.7 Å². The van der Waals surface area contributed by atoms with Gasteiger partial charge in [0, 0.05) is 12.6 Å². The molecular formula is C16H22N4. The number of nitrogens with zero attached hydrogens (tertiary/aromatic N) is 3. The summed E-state index contributed by atoms with van der Waals surface area (Å²) in [5.74, 6) is 2.11. The van der Waals surface area contributed by atoms with Gasteiger partial charge in [0.25, 0.3) is 0 Å². The normalized spacial score (nSPS) is 14.9. The maximum atomic E-state index is 6.14. The smallest absolute Gasteiger partial charge is 0.172 e. The predicted molar refractivity (Wildman–Crippen MR) is 83.8 cm³/mol. The van der Waals surface area contributed by atoms with Gasteiger partial charge in [0.15, 0.2) is 11.6 Å². The van der Waals surface area contributed by atoms with Crippen molar-refractivity contribution in [2.45, 2.75) is 39.2 Å². The summed E-state index contributed by atoms with van der Waals surface area (Å²) >= 11 is 0. The van der Waals surface area contributed by atoms with Crippen molar-refractivity contribution >= 4 is 22.7 Å². The van der Waals surface area contributed by atoms with Gasteiger partial charge in [-0.2, -0.15) is 0 Å². The summed E-state index contributed by atoms with van der Waals surface area (Å²) in [6.07, 6.45) is 3.64. The molecule has 1 fully saturated rings. The standard InChI is InChI=1S/C16H22N4/c1-11(2)9-10-20(12-7-8-12)16-15(17)18-13-5-3-4-6-14(13)19-16/h3-6,11-12H,7-10H2,1-2H3,(H2,17,18). The molecule has 1 heterocycles. The summed E-state index contributed by atoms with van der Waals surface area (Å²) in [5, 5.41) is 0. The number of hydrogen-bond donors (Lipinski definition) is 1. The molecule has 106 valence electrons. The molecule has 1 aliphatic carbocycles. The molecule has 4 nitrogen and oxygen atoms in total. The van der Waals surface area contributed by atoms with Gasteiger partial charge >= 0.3 is 0 Å². The molecular weight excluding hydrogens is 248 g/mol. The Labute approximate surface area is 120 Å². The van der Waals surface area contributed by atoms with Gasteiger partial charge < -0.3 is 10.6 Å². The van der Waals surface area contributed by atoms with E-state index in [9.17, 15) is 0 Å². The van der Waals surface area contributed by atoms with Crippen molar-refractivity contribution in [3.8, 4) is 0 Å². The summed E-state index contributed by atoms with van der Waals surface area (Å²) < 4.78 is 0. The fourth-order valence-corrected chi connectivity index (χ4v) is 2.46. The highest BCUT2D eigenvalue weighted by Gasteiger charge is 2.31. The maximum absolute atomic E-state index is 6.14. The lowest BCUT2D eigenvalue weighted by molar-refractivity contribution is 0.569. The molecule has 0 saturated heterocycles. The lowest BCUT2D eigenvalue weighted by Crippen LogP contribution is -2.29. The van der Waals surface area contributed by atoms with Gasteiger partial charge in [-0.1, -0.05) is 26.0 Å². The minimum absolute atomic E-state index is 0.555. The number of nitrogens with two attached hydrogens (primary N) is 1. The van der Waals surface area contributed by atoms with Crippen molar-refractivity contribution in [1.82, 2.24) is 9.97 Å². The second-order valence-electron chi connectivity index (χ2n) is 6.03. The molecule has 0 amide bonds. The number of rotatable bonds is 5. The van der Waals surface area contributed by atoms with E-state index in [1.54, 1.807) is 0 Å². The fourth-order valence-electron chi connectivity index (χ4n) is 2.46. The van der Waals surface area contributed by atoms with E-state index in [-0.39, 0.29) is 0 Å². The third kappa shape index (κ3) is 2.69. The van der Waals surface area contributed by atoms with Crippen LogP contribution in [0.1, 0.15) is 33.1 Å². The summed E-state index contributed by atoms with van der Waals surface area (Å²) in [7, 11) is 0. The molecule has 0 unspecified atom stereocenters. The Morgan fingerprint density at radius 1 is 1.20 bits per heavy atom. The highest BCUT2D eigenvalue weighted by Crippen LogP contribution is 2.34. The van der Waals surface area contributed by atoms with Gasteiger partial charge in [-0.25, -0.2) is 9.97 Å². The third-order valence-electron chi connectivity index (χ3n) is 3.79. The summed E-state index contributed by atoms with van der Waals surface area (Å²) in [4.78, 5) is 11.6. The number of anilines is 2. The molecule has 20 heavy (non-hydrogen) atoms. The van der Waals surface area contributed by atoms with E-state index in [0.717, 1.165) is 29.8 Å². The highest BCUT2D eigenvalue weighted by atomic mass is 15.3. The Kier molecular flexibility index (Phi) is 3.47. The van der Waals surface area contributed by atoms with E-state index in [2.05, 4.69) is 23.7 Å². The molecule has 0 aliphatic heterocycles. The van der Waals surface area contributed by atoms with E-state index < -0.39 is 0 Å². The summed E-state index contributed by atoms with van der Waals surface area (Å²) in [6.45, 7) is 5.51. The van der Waals surface area contributed by atoms with Crippen LogP contribution in [0.2, 0.25) is 0 Å². The summed E-state index contributed by atoms with van der Waals surface area (Å²) in [6, 6.07) is 8.52. The van der Waals surface area contributed by atoms with Crippen LogP contribution in [0.5, 0.6) is 0 Å². The van der Waals surface area contributed by atoms with Crippen molar-refractivity contribution in [3.05, 3.63) is 24.3 Å². The Balaban J connectivity index is 1.95. The van der Waals surface area contributed by atoms with E-state index in [0.29, 0.717) is 17.8 Å². The van der Waals surface area contributed by atoms with Gasteiger partial charge in [0.05, 0.1) is 11.0 Å². The fraction of sp³-hybridized carbons (Fsp3) is 0.500. The predicted octanol–water partition coefficient (Wildman–Crippen LogP) is 3.23. The number of nitrogen functional groups attached to an aromatic ring is 1. The van der Waals surface area contributed by atoms with Gasteiger partial charge in [-0.3, -0.25) is 0 Å². The number of aromatic nitrogens is 2. The van der Waals surface area contributed by atoms with Gasteiger partial charge in [-0.05, 0) is 37.3 Å². The Morgan fingerprint density at radius 3 is 2.45 bits per heavy atom. The highest BCUT2D eigenvalue weighted by molar-refractivity contribution is 5.79. The Bertz CT molecular complexity index is 604. The van der Waals surface area contributed by atoms with E-state index in [1.807, 2.05) is 24.3 Å². The first kappa shape index (κ1) is 13.2. The molecule has 3 rings (SSSR count). The molecule has 1 aromatic carbocycles. The minimum atomic E-state index is 0.555. The van der Waals surface area contributed by atoms with Crippen molar-refractivity contribution in [2.24, 2.45) is 5.92 Å². The molecule has 2 aromatic rings. The van der Waals surface area contributed by atoms with Crippen molar-refractivity contribution in [2.75, 3.05) is 17.2 Å². The lowest BCUT2D eigenvalue weighted by Gasteiger charge is -2.25. The second kappa shape index (κ2) is 5.27. The van der Waals surface area contributed by atoms with Gasteiger partial charge in [0.2, 0.25) is 0 Å². The zero-order valence-corrected chi connectivity index (χ0v) is 12.2. The quantitative estimate of drug-likeness (QED) is 0.906. The average molecular weight is 270 g/mol. The topological polar surface area (TPSA) is 55.0 Å². The van der Waals surface area contributed by atoms with Gasteiger partial charge in [0.1, 0.15) is 0 Å². The molecule has 0 spiro atoms. The van der Waals surface area contributed by atoms with Crippen LogP contribution < -0.4 is 10.6 Å². The van der Waals surface area contributed by atoms with Gasteiger partial charge in [-0.15, -0.1) is 0 Å². The molecule has 0 radical (unpaired) electrons. The number of hydrogen-bond acceptors (Lipinski definition) is 4. The Morgan fingerprint density at radius 2 is 1.85 bits per heavy atom. The largest absolute Gasteiger partial charge is 0.381 e. The molecule has 0 atom stereocenters. The lowest BCUT2D eigenvalue weighted by atomic mass is 10.1. The zero-order chi connectivity index (χ0) is 14.1. The van der Waals surface area contributed by atoms with Crippen LogP contribution >= 0.6 is 0 Å². The molecule has 1 aliphatic rings. The molecule has 1 aromatic heterocycles. The molecule has 2 N–H and O–H groups in total. The summed E-state index contributed by atoms with van der Waals surface area (Å²) in [5.41, 5.74) is 7.94. The van der Waals surface area contributed by atoms with Crippen molar-refractivity contribution in [1.29, 1.82) is 0 Å². The minimum Gasteiger partial charge on any atom is -0.381 e. The average Bonchev–Trinajstić information content (AvgIpc) is 3.23. The van der Waals surface area contributed by atoms with Crippen LogP contribution in [0.15, 0.2) is 24.3 Å². The van der Waals surface area contributed by atoms with E-state index in [1.165, 1.54) is 12.8 Å². The zero-order valence-electron chi connectivity index (χ0n) is 12.2. The SMILES string of the molecule is CC(C)CCN(c1nc2ccccc2nc1N)C1CC1. The first-order valence-corrected chi connectivity index (χ1v) is 7.44. The second-order valence-corrected chi connectivity index (χ2v) is 6.03. The molecule has 1 saturated carbocycles. The van der Waals surface area contributed by atoms with Crippen LogP contribution in [0.25, 0.3) is 11.0 Å². The van der Waals surface area contributed by atoms with Crippen LogP contribution in [0, 0.1) is 5.92 Å². The first-order valence-electron chi connectivity index (χ1n) is 7.44. The third-order valence-corrected chi connectivity index (χ3v) is 3.79. The van der Waals surface area contributed by atoms with E-state index >= 15 is 0 Å². The monoisotopic (exact) mass is 270 g/mol. The Hall–Kier alpha value is -1.84. The van der Waals surface area contributed by atoms with Crippen LogP contribution in [0.3, 0.4) is 0 Å². The number of para-hydroxylation sites is 2. The van der Waals surface area contributed by atoms with Crippen LogP contribution in [-0.4, -0.2) is 22.6 Å². The van der Waals surface area contributed by atoms with Crippen molar-refractivity contribution in [3.63, 3.8) is 0 Å². The molecule has 4 heteroatoms. The van der Waals surface area contributed by atoms with Crippen molar-refractivity contribution < 1.29 is 0 Å². The number of benzene rings is 1. The molecule has 0 bridgehead atoms. The van der Waals surface area contributed by atoms with Crippen LogP contribution in [-0.2, 0) is 0 Å². The number of fused-ring (bicyclic) bond motifs is 1. The maximum Gasteiger partial charge on any atom is 0.172 e.